The Kier molecular flexibility index (Phi) is 5.01. The average Bonchev–Trinajstić information content (AvgIpc) is 2.22. The molecule has 1 atom stereocenters. The minimum atomic E-state index is -0.517. The van der Waals surface area contributed by atoms with Gasteiger partial charge in [0, 0.05) is 17.4 Å². The molecule has 1 aromatic rings. The van der Waals surface area contributed by atoms with Gasteiger partial charge in [-0.1, -0.05) is 6.07 Å². The van der Waals surface area contributed by atoms with Crippen LogP contribution in [0.4, 0.5) is 8.78 Å². The molecule has 1 unspecified atom stereocenters. The molecule has 0 radical (unpaired) electrons. The third-order valence-electron chi connectivity index (χ3n) is 2.12. The van der Waals surface area contributed by atoms with Crippen LogP contribution < -0.4 is 11.3 Å². The van der Waals surface area contributed by atoms with Crippen LogP contribution in [0.3, 0.4) is 0 Å². The molecule has 0 spiro atoms. The molecule has 0 amide bonds. The molecule has 84 valence electrons. The number of hydrogen-bond acceptors (Lipinski definition) is 3. The lowest BCUT2D eigenvalue weighted by molar-refractivity contribution is 0.512. The highest BCUT2D eigenvalue weighted by molar-refractivity contribution is 7.98. The zero-order valence-electron chi connectivity index (χ0n) is 8.47. The normalized spacial score (nSPS) is 12.8. The van der Waals surface area contributed by atoms with Gasteiger partial charge >= 0.3 is 0 Å². The summed E-state index contributed by atoms with van der Waals surface area (Å²) < 4.78 is 26.5. The molecule has 0 aliphatic rings. The van der Waals surface area contributed by atoms with E-state index >= 15 is 0 Å². The van der Waals surface area contributed by atoms with E-state index in [1.54, 1.807) is 11.8 Å². The number of rotatable bonds is 5. The summed E-state index contributed by atoms with van der Waals surface area (Å²) in [5.74, 6) is 4.98. The number of hydrazine groups is 1. The summed E-state index contributed by atoms with van der Waals surface area (Å²) in [5.41, 5.74) is 2.64. The van der Waals surface area contributed by atoms with Crippen LogP contribution in [0.1, 0.15) is 5.56 Å². The Labute approximate surface area is 92.2 Å². The summed E-state index contributed by atoms with van der Waals surface area (Å²) >= 11 is 1.58. The summed E-state index contributed by atoms with van der Waals surface area (Å²) in [5, 5.41) is 0. The predicted molar refractivity (Wildman–Crippen MR) is 59.6 cm³/mol. The standard InChI is InChI=1S/C10H14F2N2S/c1-15-6-7(14-13)5-8-9(11)3-2-4-10(8)12/h2-4,7,14H,5-6,13H2,1H3. The van der Waals surface area contributed by atoms with Crippen molar-refractivity contribution in [1.29, 1.82) is 0 Å². The first-order chi connectivity index (χ1) is 7.19. The van der Waals surface area contributed by atoms with E-state index in [1.165, 1.54) is 18.2 Å². The van der Waals surface area contributed by atoms with Crippen LogP contribution in [-0.2, 0) is 6.42 Å². The van der Waals surface area contributed by atoms with Gasteiger partial charge in [-0.05, 0) is 24.8 Å². The van der Waals surface area contributed by atoms with Gasteiger partial charge in [0.2, 0.25) is 0 Å². The lowest BCUT2D eigenvalue weighted by atomic mass is 10.1. The van der Waals surface area contributed by atoms with Crippen molar-refractivity contribution >= 4 is 11.8 Å². The summed E-state index contributed by atoms with van der Waals surface area (Å²) in [6, 6.07) is 3.75. The summed E-state index contributed by atoms with van der Waals surface area (Å²) in [7, 11) is 0. The molecule has 0 bridgehead atoms. The van der Waals surface area contributed by atoms with Gasteiger partial charge in [0.25, 0.3) is 0 Å². The van der Waals surface area contributed by atoms with Gasteiger partial charge in [-0.2, -0.15) is 11.8 Å². The molecule has 15 heavy (non-hydrogen) atoms. The SMILES string of the molecule is CSCC(Cc1c(F)cccc1F)NN. The Morgan fingerprint density at radius 2 is 2.00 bits per heavy atom. The van der Waals surface area contributed by atoms with E-state index in [0.29, 0.717) is 5.75 Å². The second-order valence-electron chi connectivity index (χ2n) is 3.22. The number of nitrogens with one attached hydrogen (secondary N) is 1. The summed E-state index contributed by atoms with van der Waals surface area (Å²) in [6.45, 7) is 0. The van der Waals surface area contributed by atoms with Gasteiger partial charge in [0.1, 0.15) is 11.6 Å². The Balaban J connectivity index is 2.78. The Hall–Kier alpha value is -0.650. The van der Waals surface area contributed by atoms with Gasteiger partial charge in [-0.15, -0.1) is 0 Å². The number of hydrogen-bond donors (Lipinski definition) is 2. The van der Waals surface area contributed by atoms with Crippen LogP contribution in [0.2, 0.25) is 0 Å². The van der Waals surface area contributed by atoms with Crippen molar-refractivity contribution in [1.82, 2.24) is 5.43 Å². The molecule has 0 heterocycles. The molecule has 5 heteroatoms. The number of thioether (sulfide) groups is 1. The van der Waals surface area contributed by atoms with E-state index in [-0.39, 0.29) is 18.0 Å². The molecule has 0 aliphatic carbocycles. The number of benzene rings is 1. The maximum absolute atomic E-state index is 13.3. The van der Waals surface area contributed by atoms with Crippen molar-refractivity contribution in [3.8, 4) is 0 Å². The molecule has 0 saturated carbocycles. The van der Waals surface area contributed by atoms with Crippen LogP contribution in [0.5, 0.6) is 0 Å². The van der Waals surface area contributed by atoms with Gasteiger partial charge in [0.05, 0.1) is 0 Å². The van der Waals surface area contributed by atoms with Crippen LogP contribution in [-0.4, -0.2) is 18.1 Å². The smallest absolute Gasteiger partial charge is 0.129 e. The van der Waals surface area contributed by atoms with E-state index < -0.39 is 11.6 Å². The highest BCUT2D eigenvalue weighted by Gasteiger charge is 2.14. The van der Waals surface area contributed by atoms with Gasteiger partial charge in [0.15, 0.2) is 0 Å². The molecule has 1 aromatic carbocycles. The maximum atomic E-state index is 13.3. The Bertz CT molecular complexity index is 300. The van der Waals surface area contributed by atoms with Crippen molar-refractivity contribution in [3.05, 3.63) is 35.4 Å². The van der Waals surface area contributed by atoms with E-state index in [9.17, 15) is 8.78 Å². The van der Waals surface area contributed by atoms with Crippen LogP contribution >= 0.6 is 11.8 Å². The Morgan fingerprint density at radius 1 is 1.40 bits per heavy atom. The summed E-state index contributed by atoms with van der Waals surface area (Å²) in [6.07, 6.45) is 2.18. The molecule has 0 saturated heterocycles. The van der Waals surface area contributed by atoms with E-state index in [4.69, 9.17) is 5.84 Å². The highest BCUT2D eigenvalue weighted by Crippen LogP contribution is 2.15. The first-order valence-electron chi connectivity index (χ1n) is 4.57. The van der Waals surface area contributed by atoms with Crippen LogP contribution in [0.25, 0.3) is 0 Å². The van der Waals surface area contributed by atoms with Gasteiger partial charge < -0.3 is 0 Å². The fraction of sp³-hybridized carbons (Fsp3) is 0.400. The third kappa shape index (κ3) is 3.44. The second-order valence-corrected chi connectivity index (χ2v) is 4.13. The molecular formula is C10H14F2N2S. The first kappa shape index (κ1) is 12.4. The highest BCUT2D eigenvalue weighted by atomic mass is 32.2. The fourth-order valence-corrected chi connectivity index (χ4v) is 1.96. The third-order valence-corrected chi connectivity index (χ3v) is 2.85. The minimum absolute atomic E-state index is 0.0921. The summed E-state index contributed by atoms with van der Waals surface area (Å²) in [4.78, 5) is 0. The van der Waals surface area contributed by atoms with E-state index in [0.717, 1.165) is 0 Å². The molecule has 0 fully saturated rings. The van der Waals surface area contributed by atoms with E-state index in [2.05, 4.69) is 5.43 Å². The largest absolute Gasteiger partial charge is 0.271 e. The maximum Gasteiger partial charge on any atom is 0.129 e. The van der Waals surface area contributed by atoms with Crippen LogP contribution in [0, 0.1) is 11.6 Å². The lowest BCUT2D eigenvalue weighted by Gasteiger charge is -2.15. The lowest BCUT2D eigenvalue weighted by Crippen LogP contribution is -2.39. The first-order valence-corrected chi connectivity index (χ1v) is 5.96. The van der Waals surface area contributed by atoms with E-state index in [1.807, 2.05) is 6.26 Å². The molecule has 0 aliphatic heterocycles. The van der Waals surface area contributed by atoms with Gasteiger partial charge in [-0.25, -0.2) is 8.78 Å². The molecule has 2 nitrogen and oxygen atoms in total. The van der Waals surface area contributed by atoms with Crippen molar-refractivity contribution in [2.24, 2.45) is 5.84 Å². The molecule has 1 rings (SSSR count). The average molecular weight is 232 g/mol. The van der Waals surface area contributed by atoms with Crippen molar-refractivity contribution < 1.29 is 8.78 Å². The fourth-order valence-electron chi connectivity index (χ4n) is 1.34. The van der Waals surface area contributed by atoms with Crippen LogP contribution in [0.15, 0.2) is 18.2 Å². The second kappa shape index (κ2) is 6.05. The van der Waals surface area contributed by atoms with Crippen molar-refractivity contribution in [3.63, 3.8) is 0 Å². The zero-order valence-corrected chi connectivity index (χ0v) is 9.28. The van der Waals surface area contributed by atoms with Crippen molar-refractivity contribution in [2.75, 3.05) is 12.0 Å². The topological polar surface area (TPSA) is 38.0 Å². The monoisotopic (exact) mass is 232 g/mol. The quantitative estimate of drug-likeness (QED) is 0.599. The van der Waals surface area contributed by atoms with Gasteiger partial charge in [-0.3, -0.25) is 11.3 Å². The Morgan fingerprint density at radius 3 is 2.47 bits per heavy atom. The predicted octanol–water partition coefficient (Wildman–Crippen LogP) is 1.70. The zero-order chi connectivity index (χ0) is 11.3. The molecule has 0 aromatic heterocycles. The number of nitrogens with two attached hydrogens (primary N) is 1. The molecule has 3 N–H and O–H groups in total. The van der Waals surface area contributed by atoms with Crippen molar-refractivity contribution in [2.45, 2.75) is 12.5 Å². The molecular weight excluding hydrogens is 218 g/mol. The minimum Gasteiger partial charge on any atom is -0.271 e. The number of halogens is 2.